The van der Waals surface area contributed by atoms with Gasteiger partial charge in [-0.2, -0.15) is 8.78 Å². The summed E-state index contributed by atoms with van der Waals surface area (Å²) < 4.78 is 54.9. The van der Waals surface area contributed by atoms with Crippen LogP contribution in [0.5, 0.6) is 17.2 Å². The Kier molecular flexibility index (Phi) is 8.68. The molecule has 0 radical (unpaired) electrons. The molecular weight excluding hydrogens is 502 g/mol. The molecule has 0 saturated heterocycles. The van der Waals surface area contributed by atoms with Gasteiger partial charge >= 0.3 is 6.61 Å². The number of halogens is 4. The van der Waals surface area contributed by atoms with Crippen molar-refractivity contribution in [3.8, 4) is 17.2 Å². The molecular formula is C19H21F3IN3O3. The van der Waals surface area contributed by atoms with Gasteiger partial charge in [0.05, 0.1) is 6.54 Å². The number of fused-ring (bicyclic) bond motifs is 1. The molecule has 2 aromatic carbocycles. The van der Waals surface area contributed by atoms with Crippen LogP contribution < -0.4 is 24.8 Å². The van der Waals surface area contributed by atoms with Gasteiger partial charge in [0.1, 0.15) is 24.3 Å². The van der Waals surface area contributed by atoms with Gasteiger partial charge in [0.2, 0.25) is 0 Å². The molecule has 1 aliphatic heterocycles. The normalized spacial score (nSPS) is 15.5. The van der Waals surface area contributed by atoms with Crippen molar-refractivity contribution in [1.82, 2.24) is 10.6 Å². The zero-order chi connectivity index (χ0) is 19.9. The lowest BCUT2D eigenvalue weighted by Crippen LogP contribution is -2.45. The van der Waals surface area contributed by atoms with Crippen LogP contribution in [0.25, 0.3) is 0 Å². The SMILES string of the molecule is CN=C(NCc1c(F)cccc1OC(F)F)NCC1COc2ccccc2O1.I. The summed E-state index contributed by atoms with van der Waals surface area (Å²) in [5.41, 5.74) is -0.0167. The van der Waals surface area contributed by atoms with Crippen LogP contribution in [0, 0.1) is 5.82 Å². The van der Waals surface area contributed by atoms with Gasteiger partial charge in [0, 0.05) is 19.2 Å². The van der Waals surface area contributed by atoms with Crippen LogP contribution in [0.2, 0.25) is 0 Å². The van der Waals surface area contributed by atoms with Crippen molar-refractivity contribution >= 4 is 29.9 Å². The molecule has 0 aliphatic carbocycles. The highest BCUT2D eigenvalue weighted by molar-refractivity contribution is 14.0. The monoisotopic (exact) mass is 523 g/mol. The average molecular weight is 523 g/mol. The third kappa shape index (κ3) is 6.31. The maximum absolute atomic E-state index is 14.0. The standard InChI is InChI=1S/C19H20F3N3O3.HI/c1-23-19(24-9-12-11-26-16-6-2-3-7-17(16)27-12)25-10-13-14(20)5-4-8-15(13)28-18(21)22;/h2-8,12,18H,9-11H2,1H3,(H2,23,24,25);1H. The lowest BCUT2D eigenvalue weighted by molar-refractivity contribution is -0.0506. The van der Waals surface area contributed by atoms with Gasteiger partial charge in [-0.1, -0.05) is 18.2 Å². The molecule has 10 heteroatoms. The van der Waals surface area contributed by atoms with Gasteiger partial charge in [-0.3, -0.25) is 4.99 Å². The molecule has 1 aliphatic rings. The summed E-state index contributed by atoms with van der Waals surface area (Å²) in [4.78, 5) is 4.04. The molecule has 1 unspecified atom stereocenters. The molecule has 0 aromatic heterocycles. The molecule has 1 atom stereocenters. The van der Waals surface area contributed by atoms with Crippen LogP contribution in [0.1, 0.15) is 5.56 Å². The van der Waals surface area contributed by atoms with E-state index < -0.39 is 12.4 Å². The Morgan fingerprint density at radius 1 is 1.17 bits per heavy atom. The minimum atomic E-state index is -3.04. The summed E-state index contributed by atoms with van der Waals surface area (Å²) in [5, 5.41) is 5.92. The first-order valence-electron chi connectivity index (χ1n) is 8.62. The fraction of sp³-hybridized carbons (Fsp3) is 0.316. The predicted molar refractivity (Wildman–Crippen MR) is 113 cm³/mol. The van der Waals surface area contributed by atoms with E-state index in [-0.39, 0.29) is 47.9 Å². The second-order valence-electron chi connectivity index (χ2n) is 5.90. The van der Waals surface area contributed by atoms with E-state index in [1.54, 1.807) is 7.05 Å². The Balaban J connectivity index is 0.00000300. The van der Waals surface area contributed by atoms with E-state index in [1.807, 2.05) is 24.3 Å². The fourth-order valence-electron chi connectivity index (χ4n) is 2.68. The highest BCUT2D eigenvalue weighted by Gasteiger charge is 2.21. The lowest BCUT2D eigenvalue weighted by atomic mass is 10.2. The number of aliphatic imine (C=N–C) groups is 1. The molecule has 0 bridgehead atoms. The third-order valence-electron chi connectivity index (χ3n) is 4.01. The summed E-state index contributed by atoms with van der Waals surface area (Å²) in [5.74, 6) is 0.824. The van der Waals surface area contributed by atoms with E-state index in [0.29, 0.717) is 30.6 Å². The number of nitrogens with one attached hydrogen (secondary N) is 2. The number of rotatable bonds is 6. The van der Waals surface area contributed by atoms with Crippen molar-refractivity contribution in [3.05, 3.63) is 53.8 Å². The average Bonchev–Trinajstić information content (AvgIpc) is 2.69. The first kappa shape index (κ1) is 22.9. The molecule has 0 saturated carbocycles. The van der Waals surface area contributed by atoms with Crippen molar-refractivity contribution in [1.29, 1.82) is 0 Å². The minimum absolute atomic E-state index is 0. The summed E-state index contributed by atoms with van der Waals surface area (Å²) in [6.45, 7) is -2.38. The Morgan fingerprint density at radius 3 is 2.66 bits per heavy atom. The maximum Gasteiger partial charge on any atom is 0.387 e. The van der Waals surface area contributed by atoms with Crippen molar-refractivity contribution < 1.29 is 27.4 Å². The van der Waals surface area contributed by atoms with Crippen molar-refractivity contribution in [2.75, 3.05) is 20.2 Å². The Hall–Kier alpha value is -2.37. The number of hydrogen-bond donors (Lipinski definition) is 2. The van der Waals surface area contributed by atoms with Crippen LogP contribution in [0.15, 0.2) is 47.5 Å². The molecule has 158 valence electrons. The van der Waals surface area contributed by atoms with Gasteiger partial charge < -0.3 is 24.8 Å². The molecule has 6 nitrogen and oxygen atoms in total. The van der Waals surface area contributed by atoms with E-state index in [0.717, 1.165) is 0 Å². The molecule has 2 aromatic rings. The van der Waals surface area contributed by atoms with E-state index in [9.17, 15) is 13.2 Å². The molecule has 2 N–H and O–H groups in total. The summed E-state index contributed by atoms with van der Waals surface area (Å²) in [6, 6.07) is 11.1. The van der Waals surface area contributed by atoms with Gasteiger partial charge in [0.15, 0.2) is 17.5 Å². The third-order valence-corrected chi connectivity index (χ3v) is 4.01. The molecule has 0 amide bonds. The van der Waals surface area contributed by atoms with Gasteiger partial charge in [-0.05, 0) is 24.3 Å². The van der Waals surface area contributed by atoms with Crippen LogP contribution in [-0.4, -0.2) is 38.9 Å². The minimum Gasteiger partial charge on any atom is -0.486 e. The summed E-state index contributed by atoms with van der Waals surface area (Å²) in [6.07, 6.45) is -0.250. The van der Waals surface area contributed by atoms with E-state index >= 15 is 0 Å². The van der Waals surface area contributed by atoms with Crippen LogP contribution in [0.4, 0.5) is 13.2 Å². The zero-order valence-corrected chi connectivity index (χ0v) is 17.9. The van der Waals surface area contributed by atoms with Crippen molar-refractivity contribution in [2.45, 2.75) is 19.3 Å². The highest BCUT2D eigenvalue weighted by atomic mass is 127. The van der Waals surface area contributed by atoms with Gasteiger partial charge in [-0.25, -0.2) is 4.39 Å². The lowest BCUT2D eigenvalue weighted by Gasteiger charge is -2.27. The topological polar surface area (TPSA) is 64.1 Å². The van der Waals surface area contributed by atoms with Crippen LogP contribution >= 0.6 is 24.0 Å². The van der Waals surface area contributed by atoms with E-state index in [1.165, 1.54) is 18.2 Å². The van der Waals surface area contributed by atoms with Crippen LogP contribution in [-0.2, 0) is 6.54 Å². The van der Waals surface area contributed by atoms with Crippen molar-refractivity contribution in [2.24, 2.45) is 4.99 Å². The molecule has 3 rings (SSSR count). The number of nitrogens with zero attached hydrogens (tertiary/aromatic N) is 1. The number of hydrogen-bond acceptors (Lipinski definition) is 4. The maximum atomic E-state index is 14.0. The zero-order valence-electron chi connectivity index (χ0n) is 15.5. The second kappa shape index (κ2) is 11.0. The smallest absolute Gasteiger partial charge is 0.387 e. The number of benzene rings is 2. The highest BCUT2D eigenvalue weighted by Crippen LogP contribution is 2.30. The van der Waals surface area contributed by atoms with Gasteiger partial charge in [0.25, 0.3) is 0 Å². The number of para-hydroxylation sites is 2. The van der Waals surface area contributed by atoms with Crippen molar-refractivity contribution in [3.63, 3.8) is 0 Å². The number of ether oxygens (including phenoxy) is 3. The number of alkyl halides is 2. The largest absolute Gasteiger partial charge is 0.486 e. The molecule has 29 heavy (non-hydrogen) atoms. The number of guanidine groups is 1. The molecule has 1 heterocycles. The Labute approximate surface area is 183 Å². The summed E-state index contributed by atoms with van der Waals surface area (Å²) >= 11 is 0. The first-order valence-corrected chi connectivity index (χ1v) is 8.62. The first-order chi connectivity index (χ1) is 13.6. The Bertz CT molecular complexity index is 839. The predicted octanol–water partition coefficient (Wildman–Crippen LogP) is 3.55. The van der Waals surface area contributed by atoms with Gasteiger partial charge in [-0.15, -0.1) is 24.0 Å². The van der Waals surface area contributed by atoms with E-state index in [4.69, 9.17) is 9.47 Å². The second-order valence-corrected chi connectivity index (χ2v) is 5.90. The molecule has 0 spiro atoms. The summed E-state index contributed by atoms with van der Waals surface area (Å²) in [7, 11) is 1.54. The van der Waals surface area contributed by atoms with Crippen LogP contribution in [0.3, 0.4) is 0 Å². The quantitative estimate of drug-likeness (QED) is 0.345. The molecule has 0 fully saturated rings. The van der Waals surface area contributed by atoms with E-state index in [2.05, 4.69) is 20.4 Å². The Morgan fingerprint density at radius 2 is 1.93 bits per heavy atom. The fourth-order valence-corrected chi connectivity index (χ4v) is 2.68.